The topological polar surface area (TPSA) is 90.1 Å². The molecule has 1 N–H and O–H groups in total. The molecule has 2 aromatic carbocycles. The number of carbonyl (C=O) groups is 2. The lowest BCUT2D eigenvalue weighted by Crippen LogP contribution is -2.17. The van der Waals surface area contributed by atoms with E-state index >= 15 is 0 Å². The minimum Gasteiger partial charge on any atom is -0.488 e. The van der Waals surface area contributed by atoms with Crippen LogP contribution in [0.2, 0.25) is 0 Å². The lowest BCUT2D eigenvalue weighted by atomic mass is 10.1. The van der Waals surface area contributed by atoms with Crippen molar-refractivity contribution in [3.8, 4) is 5.75 Å². The predicted octanol–water partition coefficient (Wildman–Crippen LogP) is 4.03. The first-order chi connectivity index (χ1) is 14.5. The number of methoxy groups -OCH3 is 1. The van der Waals surface area contributed by atoms with Crippen LogP contribution in [0.15, 0.2) is 64.1 Å². The number of hydrogen-bond acceptors (Lipinski definition) is 6. The molecule has 154 valence electrons. The highest BCUT2D eigenvalue weighted by Gasteiger charge is 2.12. The van der Waals surface area contributed by atoms with E-state index in [0.29, 0.717) is 40.6 Å². The Hall–Kier alpha value is -3.87. The highest BCUT2D eigenvalue weighted by atomic mass is 16.5. The van der Waals surface area contributed by atoms with Crippen LogP contribution >= 0.6 is 0 Å². The zero-order chi connectivity index (χ0) is 21.5. The van der Waals surface area contributed by atoms with Gasteiger partial charge in [-0.2, -0.15) is 5.10 Å². The predicted molar refractivity (Wildman–Crippen MR) is 112 cm³/mol. The van der Waals surface area contributed by atoms with Gasteiger partial charge in [-0.05, 0) is 49.7 Å². The lowest BCUT2D eigenvalue weighted by molar-refractivity contribution is 0.0600. The van der Waals surface area contributed by atoms with Crippen molar-refractivity contribution in [3.63, 3.8) is 0 Å². The minimum absolute atomic E-state index is 0.312. The average molecular weight is 406 g/mol. The summed E-state index contributed by atoms with van der Waals surface area (Å²) in [6, 6.07) is 16.0. The van der Waals surface area contributed by atoms with Crippen LogP contribution in [-0.2, 0) is 11.3 Å². The molecule has 30 heavy (non-hydrogen) atoms. The highest BCUT2D eigenvalue weighted by Crippen LogP contribution is 2.18. The zero-order valence-electron chi connectivity index (χ0n) is 17.0. The number of carbonyl (C=O) groups excluding carboxylic acids is 2. The number of benzene rings is 2. The quantitative estimate of drug-likeness (QED) is 0.364. The first-order valence-corrected chi connectivity index (χ1v) is 9.27. The van der Waals surface area contributed by atoms with Gasteiger partial charge in [0.1, 0.15) is 23.9 Å². The molecular formula is C23H22N2O5. The highest BCUT2D eigenvalue weighted by molar-refractivity contribution is 5.96. The Morgan fingerprint density at radius 3 is 2.50 bits per heavy atom. The Labute approximate surface area is 174 Å². The van der Waals surface area contributed by atoms with Crippen LogP contribution in [-0.4, -0.2) is 25.2 Å². The molecule has 1 aromatic heterocycles. The number of rotatable bonds is 7. The third-order valence-electron chi connectivity index (χ3n) is 4.34. The fourth-order valence-corrected chi connectivity index (χ4v) is 2.81. The fourth-order valence-electron chi connectivity index (χ4n) is 2.81. The van der Waals surface area contributed by atoms with E-state index in [4.69, 9.17) is 13.9 Å². The molecule has 0 saturated heterocycles. The largest absolute Gasteiger partial charge is 0.488 e. The van der Waals surface area contributed by atoms with E-state index in [9.17, 15) is 9.59 Å². The fraction of sp³-hybridized carbons (Fsp3) is 0.174. The van der Waals surface area contributed by atoms with Crippen LogP contribution in [0, 0.1) is 13.8 Å². The van der Waals surface area contributed by atoms with Crippen LogP contribution in [0.4, 0.5) is 0 Å². The first-order valence-electron chi connectivity index (χ1n) is 9.27. The van der Waals surface area contributed by atoms with E-state index in [1.54, 1.807) is 44.2 Å². The second-order valence-corrected chi connectivity index (χ2v) is 6.54. The summed E-state index contributed by atoms with van der Waals surface area (Å²) in [5.41, 5.74) is 5.03. The van der Waals surface area contributed by atoms with Crippen molar-refractivity contribution in [2.24, 2.45) is 5.10 Å². The first kappa shape index (κ1) is 20.9. The van der Waals surface area contributed by atoms with Gasteiger partial charge in [0.15, 0.2) is 0 Å². The summed E-state index contributed by atoms with van der Waals surface area (Å²) >= 11 is 0. The molecule has 0 unspecified atom stereocenters. The Balaban J connectivity index is 1.63. The summed E-state index contributed by atoms with van der Waals surface area (Å²) in [5.74, 6) is 1.10. The molecule has 3 rings (SSSR count). The lowest BCUT2D eigenvalue weighted by Gasteiger charge is -2.09. The van der Waals surface area contributed by atoms with Crippen molar-refractivity contribution in [1.29, 1.82) is 0 Å². The zero-order valence-corrected chi connectivity index (χ0v) is 17.0. The molecule has 0 spiro atoms. The number of ether oxygens (including phenoxy) is 2. The SMILES string of the molecule is COC(=O)c1ccc(COc2ccccc2/C=N/NC(=O)c2cc(C)oc2C)cc1. The van der Waals surface area contributed by atoms with Gasteiger partial charge < -0.3 is 13.9 Å². The number of hydrogen-bond donors (Lipinski definition) is 1. The van der Waals surface area contributed by atoms with E-state index in [-0.39, 0.29) is 11.9 Å². The van der Waals surface area contributed by atoms with E-state index in [1.165, 1.54) is 13.3 Å². The van der Waals surface area contributed by atoms with Crippen molar-refractivity contribution in [2.45, 2.75) is 20.5 Å². The molecule has 0 saturated carbocycles. The molecule has 0 aliphatic carbocycles. The number of hydrazone groups is 1. The number of aryl methyl sites for hydroxylation is 2. The van der Waals surface area contributed by atoms with Crippen molar-refractivity contribution >= 4 is 18.1 Å². The van der Waals surface area contributed by atoms with Crippen LogP contribution < -0.4 is 10.2 Å². The number of para-hydroxylation sites is 1. The smallest absolute Gasteiger partial charge is 0.337 e. The Morgan fingerprint density at radius 1 is 1.10 bits per heavy atom. The third-order valence-corrected chi connectivity index (χ3v) is 4.34. The molecule has 7 heteroatoms. The van der Waals surface area contributed by atoms with Gasteiger partial charge >= 0.3 is 5.97 Å². The Bertz CT molecular complexity index is 1070. The van der Waals surface area contributed by atoms with Gasteiger partial charge in [-0.1, -0.05) is 24.3 Å². The van der Waals surface area contributed by atoms with Gasteiger partial charge in [-0.15, -0.1) is 0 Å². The Kier molecular flexibility index (Phi) is 6.64. The molecular weight excluding hydrogens is 384 g/mol. The van der Waals surface area contributed by atoms with Gasteiger partial charge in [0.05, 0.1) is 24.5 Å². The van der Waals surface area contributed by atoms with Crippen molar-refractivity contribution < 1.29 is 23.5 Å². The molecule has 0 aliphatic heterocycles. The van der Waals surface area contributed by atoms with Gasteiger partial charge in [-0.25, -0.2) is 10.2 Å². The standard InChI is InChI=1S/C23H22N2O5/c1-15-12-20(16(2)30-15)22(26)25-24-13-19-6-4-5-7-21(19)29-14-17-8-10-18(11-9-17)23(27)28-3/h4-13H,14H2,1-3H3,(H,25,26)/b24-13+. The van der Waals surface area contributed by atoms with Crippen LogP contribution in [0.25, 0.3) is 0 Å². The molecule has 0 atom stereocenters. The van der Waals surface area contributed by atoms with E-state index in [0.717, 1.165) is 5.56 Å². The van der Waals surface area contributed by atoms with Crippen molar-refractivity contribution in [1.82, 2.24) is 5.43 Å². The number of nitrogens with zero attached hydrogens (tertiary/aromatic N) is 1. The van der Waals surface area contributed by atoms with Gasteiger partial charge in [0.2, 0.25) is 0 Å². The van der Waals surface area contributed by atoms with Crippen molar-refractivity contribution in [3.05, 3.63) is 88.4 Å². The van der Waals surface area contributed by atoms with Crippen LogP contribution in [0.5, 0.6) is 5.75 Å². The van der Waals surface area contributed by atoms with E-state index in [1.807, 2.05) is 24.3 Å². The molecule has 0 radical (unpaired) electrons. The van der Waals surface area contributed by atoms with E-state index < -0.39 is 0 Å². The van der Waals surface area contributed by atoms with Gasteiger partial charge in [0.25, 0.3) is 5.91 Å². The van der Waals surface area contributed by atoms with Crippen molar-refractivity contribution in [2.75, 3.05) is 7.11 Å². The Morgan fingerprint density at radius 2 is 1.83 bits per heavy atom. The van der Waals surface area contributed by atoms with Gasteiger partial charge in [0, 0.05) is 5.56 Å². The van der Waals surface area contributed by atoms with E-state index in [2.05, 4.69) is 10.5 Å². The average Bonchev–Trinajstić information content (AvgIpc) is 3.10. The molecule has 0 aliphatic rings. The molecule has 7 nitrogen and oxygen atoms in total. The number of furan rings is 1. The second-order valence-electron chi connectivity index (χ2n) is 6.54. The molecule has 1 amide bonds. The third kappa shape index (κ3) is 5.14. The number of amides is 1. The minimum atomic E-state index is -0.383. The normalized spacial score (nSPS) is 10.8. The molecule has 0 bridgehead atoms. The summed E-state index contributed by atoms with van der Waals surface area (Å²) in [4.78, 5) is 23.7. The van der Waals surface area contributed by atoms with Crippen LogP contribution in [0.1, 0.15) is 43.4 Å². The van der Waals surface area contributed by atoms with Crippen LogP contribution in [0.3, 0.4) is 0 Å². The summed E-state index contributed by atoms with van der Waals surface area (Å²) in [5, 5.41) is 4.03. The summed E-state index contributed by atoms with van der Waals surface area (Å²) < 4.78 is 15.9. The van der Waals surface area contributed by atoms with Gasteiger partial charge in [-0.3, -0.25) is 4.79 Å². The second kappa shape index (κ2) is 9.56. The maximum atomic E-state index is 12.2. The summed E-state index contributed by atoms with van der Waals surface area (Å²) in [6.07, 6.45) is 1.52. The number of esters is 1. The summed E-state index contributed by atoms with van der Waals surface area (Å²) in [7, 11) is 1.34. The maximum Gasteiger partial charge on any atom is 0.337 e. The number of nitrogens with one attached hydrogen (secondary N) is 1. The molecule has 3 aromatic rings. The molecule has 1 heterocycles. The monoisotopic (exact) mass is 406 g/mol. The molecule has 0 fully saturated rings. The summed E-state index contributed by atoms with van der Waals surface area (Å²) in [6.45, 7) is 3.82. The maximum absolute atomic E-state index is 12.2.